The van der Waals surface area contributed by atoms with E-state index in [2.05, 4.69) is 15.7 Å². The van der Waals surface area contributed by atoms with Crippen molar-refractivity contribution < 1.29 is 4.74 Å². The molecule has 2 aromatic carbocycles. The van der Waals surface area contributed by atoms with Crippen LogP contribution in [0.1, 0.15) is 5.56 Å². The number of halogens is 1. The van der Waals surface area contributed by atoms with Crippen molar-refractivity contribution in [2.75, 3.05) is 5.32 Å². The Morgan fingerprint density at radius 2 is 1.83 bits per heavy atom. The summed E-state index contributed by atoms with van der Waals surface area (Å²) >= 11 is 1.65. The second kappa shape index (κ2) is 9.29. The molecule has 6 heteroatoms. The van der Waals surface area contributed by atoms with Crippen LogP contribution in [-0.4, -0.2) is 5.96 Å². The van der Waals surface area contributed by atoms with Gasteiger partial charge >= 0.3 is 0 Å². The molecule has 0 atom stereocenters. The molecular weight excluding hydrogens is 433 g/mol. The molecule has 0 amide bonds. The fourth-order valence-corrected chi connectivity index (χ4v) is 2.67. The average molecular weight is 451 g/mol. The Kier molecular flexibility index (Phi) is 7.07. The molecule has 124 valence electrons. The summed E-state index contributed by atoms with van der Waals surface area (Å²) in [5.41, 5.74) is 7.92. The van der Waals surface area contributed by atoms with Crippen molar-refractivity contribution in [3.05, 3.63) is 77.0 Å². The third-order valence-corrected chi connectivity index (χ3v) is 3.83. The molecule has 3 N–H and O–H groups in total. The molecule has 0 saturated heterocycles. The molecule has 0 unspecified atom stereocenters. The molecule has 0 radical (unpaired) electrons. The minimum absolute atomic E-state index is 0. The third kappa shape index (κ3) is 5.54. The van der Waals surface area contributed by atoms with Crippen LogP contribution >= 0.6 is 35.3 Å². The molecule has 0 saturated carbocycles. The van der Waals surface area contributed by atoms with E-state index in [4.69, 9.17) is 10.5 Å². The van der Waals surface area contributed by atoms with Gasteiger partial charge in [-0.2, -0.15) is 11.3 Å². The number of hydrogen-bond acceptors (Lipinski definition) is 3. The highest BCUT2D eigenvalue weighted by atomic mass is 127. The molecule has 0 spiro atoms. The maximum absolute atomic E-state index is 5.93. The van der Waals surface area contributed by atoms with Crippen LogP contribution in [0.25, 0.3) is 0 Å². The molecule has 0 aliphatic carbocycles. The molecule has 4 nitrogen and oxygen atoms in total. The summed E-state index contributed by atoms with van der Waals surface area (Å²) < 4.78 is 5.80. The Morgan fingerprint density at radius 1 is 1.04 bits per heavy atom. The number of nitrogens with zero attached hydrogens (tertiary/aromatic N) is 1. The van der Waals surface area contributed by atoms with Gasteiger partial charge in [-0.05, 0) is 46.7 Å². The Morgan fingerprint density at radius 3 is 2.58 bits per heavy atom. The first kappa shape index (κ1) is 18.3. The van der Waals surface area contributed by atoms with Gasteiger partial charge in [-0.1, -0.05) is 24.3 Å². The average Bonchev–Trinajstić information content (AvgIpc) is 3.08. The molecule has 1 heterocycles. The number of para-hydroxylation sites is 1. The summed E-state index contributed by atoms with van der Waals surface area (Å²) in [4.78, 5) is 4.32. The Balaban J connectivity index is 0.00000208. The molecule has 0 bridgehead atoms. The Hall–Kier alpha value is -2.06. The number of rotatable bonds is 5. The van der Waals surface area contributed by atoms with Gasteiger partial charge in [0, 0.05) is 11.8 Å². The highest BCUT2D eigenvalue weighted by Crippen LogP contribution is 2.23. The van der Waals surface area contributed by atoms with Crippen LogP contribution in [-0.2, 0) is 6.54 Å². The maximum Gasteiger partial charge on any atom is 0.193 e. The lowest BCUT2D eigenvalue weighted by Crippen LogP contribution is -2.22. The number of anilines is 1. The molecule has 3 aromatic rings. The number of nitrogens with one attached hydrogen (secondary N) is 1. The molecule has 0 fully saturated rings. The predicted molar refractivity (Wildman–Crippen MR) is 112 cm³/mol. The normalized spacial score (nSPS) is 10.8. The van der Waals surface area contributed by atoms with Crippen LogP contribution in [0.3, 0.4) is 0 Å². The van der Waals surface area contributed by atoms with Gasteiger partial charge in [0.1, 0.15) is 11.5 Å². The van der Waals surface area contributed by atoms with E-state index in [1.54, 1.807) is 11.3 Å². The summed E-state index contributed by atoms with van der Waals surface area (Å²) in [6, 6.07) is 19.3. The van der Waals surface area contributed by atoms with Gasteiger partial charge in [-0.25, -0.2) is 4.99 Å². The van der Waals surface area contributed by atoms with Gasteiger partial charge in [-0.3, -0.25) is 0 Å². The zero-order valence-electron chi connectivity index (χ0n) is 12.9. The largest absolute Gasteiger partial charge is 0.457 e. The van der Waals surface area contributed by atoms with E-state index in [9.17, 15) is 0 Å². The number of aliphatic imine (C=N–C) groups is 1. The first-order valence-electron chi connectivity index (χ1n) is 7.20. The quantitative estimate of drug-likeness (QED) is 0.323. The molecule has 3 rings (SSSR count). The Bertz CT molecular complexity index is 776. The van der Waals surface area contributed by atoms with Crippen LogP contribution < -0.4 is 15.8 Å². The van der Waals surface area contributed by atoms with Crippen molar-refractivity contribution in [1.29, 1.82) is 0 Å². The number of nitrogens with two attached hydrogens (primary N) is 1. The highest BCUT2D eigenvalue weighted by Gasteiger charge is 2.00. The maximum atomic E-state index is 5.93. The fourth-order valence-electron chi connectivity index (χ4n) is 2.01. The van der Waals surface area contributed by atoms with Crippen molar-refractivity contribution in [1.82, 2.24) is 0 Å². The highest BCUT2D eigenvalue weighted by molar-refractivity contribution is 14.0. The first-order valence-corrected chi connectivity index (χ1v) is 8.15. The summed E-state index contributed by atoms with van der Waals surface area (Å²) in [5, 5.41) is 7.17. The Labute approximate surface area is 162 Å². The number of hydrogen-bond donors (Lipinski definition) is 2. The zero-order valence-corrected chi connectivity index (χ0v) is 16.0. The monoisotopic (exact) mass is 451 g/mol. The molecule has 1 aromatic heterocycles. The lowest BCUT2D eigenvalue weighted by atomic mass is 10.3. The molecule has 24 heavy (non-hydrogen) atoms. The lowest BCUT2D eigenvalue weighted by Gasteiger charge is -2.09. The van der Waals surface area contributed by atoms with Crippen LogP contribution in [0.5, 0.6) is 11.5 Å². The van der Waals surface area contributed by atoms with Gasteiger partial charge in [0.25, 0.3) is 0 Å². The topological polar surface area (TPSA) is 59.6 Å². The first-order chi connectivity index (χ1) is 11.3. The van der Waals surface area contributed by atoms with Gasteiger partial charge in [0.05, 0.1) is 6.54 Å². The van der Waals surface area contributed by atoms with Crippen molar-refractivity contribution in [2.45, 2.75) is 6.54 Å². The zero-order chi connectivity index (χ0) is 15.9. The van der Waals surface area contributed by atoms with E-state index >= 15 is 0 Å². The van der Waals surface area contributed by atoms with E-state index in [0.29, 0.717) is 12.5 Å². The van der Waals surface area contributed by atoms with Crippen LogP contribution in [0.15, 0.2) is 76.4 Å². The minimum Gasteiger partial charge on any atom is -0.457 e. The van der Waals surface area contributed by atoms with Crippen LogP contribution in [0.2, 0.25) is 0 Å². The summed E-state index contributed by atoms with van der Waals surface area (Å²) in [7, 11) is 0. The smallest absolute Gasteiger partial charge is 0.193 e. The van der Waals surface area contributed by atoms with E-state index in [0.717, 1.165) is 22.7 Å². The van der Waals surface area contributed by atoms with Gasteiger partial charge < -0.3 is 15.8 Å². The number of thiophene rings is 1. The van der Waals surface area contributed by atoms with Crippen molar-refractivity contribution in [3.8, 4) is 11.5 Å². The minimum atomic E-state index is 0. The van der Waals surface area contributed by atoms with E-state index in [1.807, 2.05) is 66.0 Å². The number of guanidine groups is 1. The predicted octanol–water partition coefficient (Wildman–Crippen LogP) is 5.09. The van der Waals surface area contributed by atoms with Gasteiger partial charge in [-0.15, -0.1) is 24.0 Å². The van der Waals surface area contributed by atoms with Crippen molar-refractivity contribution >= 4 is 47.0 Å². The third-order valence-electron chi connectivity index (χ3n) is 3.10. The summed E-state index contributed by atoms with van der Waals surface area (Å²) in [5.74, 6) is 1.92. The van der Waals surface area contributed by atoms with Gasteiger partial charge in [0.2, 0.25) is 0 Å². The SMILES string of the molecule is I.NC(=NCc1ccsc1)Nc1cccc(Oc2ccccc2)c1. The van der Waals surface area contributed by atoms with E-state index in [-0.39, 0.29) is 24.0 Å². The number of benzene rings is 2. The van der Waals surface area contributed by atoms with E-state index in [1.165, 1.54) is 0 Å². The standard InChI is InChI=1S/C18H17N3OS.HI/c19-18(20-12-14-9-10-23-13-14)21-15-5-4-8-17(11-15)22-16-6-2-1-3-7-16;/h1-11,13H,12H2,(H3,19,20,21);1H. The van der Waals surface area contributed by atoms with Crippen LogP contribution in [0, 0.1) is 0 Å². The van der Waals surface area contributed by atoms with Crippen molar-refractivity contribution in [2.24, 2.45) is 10.7 Å². The molecular formula is C18H18IN3OS. The lowest BCUT2D eigenvalue weighted by molar-refractivity contribution is 0.483. The van der Waals surface area contributed by atoms with Gasteiger partial charge in [0.15, 0.2) is 5.96 Å². The second-order valence-corrected chi connectivity index (χ2v) is 5.68. The second-order valence-electron chi connectivity index (χ2n) is 4.90. The van der Waals surface area contributed by atoms with Crippen LogP contribution in [0.4, 0.5) is 5.69 Å². The summed E-state index contributed by atoms with van der Waals surface area (Å²) in [6.45, 7) is 0.572. The fraction of sp³-hybridized carbons (Fsp3) is 0.0556. The molecule has 0 aliphatic heterocycles. The summed E-state index contributed by atoms with van der Waals surface area (Å²) in [6.07, 6.45) is 0. The number of ether oxygens (including phenoxy) is 1. The van der Waals surface area contributed by atoms with Crippen molar-refractivity contribution in [3.63, 3.8) is 0 Å². The van der Waals surface area contributed by atoms with E-state index < -0.39 is 0 Å². The molecule has 0 aliphatic rings.